The zero-order chi connectivity index (χ0) is 12.1. The van der Waals surface area contributed by atoms with Crippen LogP contribution in [0.1, 0.15) is 16.1 Å². The lowest BCUT2D eigenvalue weighted by Crippen LogP contribution is -2.08. The molecule has 17 heavy (non-hydrogen) atoms. The summed E-state index contributed by atoms with van der Waals surface area (Å²) in [5.74, 6) is -0.00133. The lowest BCUT2D eigenvalue weighted by atomic mass is 10.3. The van der Waals surface area contributed by atoms with Crippen LogP contribution < -0.4 is 5.32 Å². The van der Waals surface area contributed by atoms with Crippen LogP contribution in [0.25, 0.3) is 0 Å². The summed E-state index contributed by atoms with van der Waals surface area (Å²) in [5, 5.41) is 9.55. The van der Waals surface area contributed by atoms with Crippen molar-refractivity contribution in [1.29, 1.82) is 0 Å². The van der Waals surface area contributed by atoms with Crippen LogP contribution in [0.4, 0.5) is 5.82 Å². The van der Waals surface area contributed by atoms with E-state index in [4.69, 9.17) is 0 Å². The molecule has 7 nitrogen and oxygen atoms in total. The molecule has 2 heterocycles. The number of hydrogen-bond donors (Lipinski definition) is 2. The SMILES string of the molecule is COC(=O)c1cncc(NCc2cn[nH]c2)n1. The molecule has 0 aliphatic rings. The highest BCUT2D eigenvalue weighted by Gasteiger charge is 2.08. The predicted octanol–water partition coefficient (Wildman–Crippen LogP) is 0.598. The van der Waals surface area contributed by atoms with E-state index in [0.717, 1.165) is 5.56 Å². The Kier molecular flexibility index (Phi) is 3.29. The zero-order valence-corrected chi connectivity index (χ0v) is 9.17. The summed E-state index contributed by atoms with van der Waals surface area (Å²) in [5.41, 5.74) is 1.15. The molecule has 0 aromatic carbocycles. The minimum absolute atomic E-state index is 0.171. The van der Waals surface area contributed by atoms with Gasteiger partial charge in [0.05, 0.1) is 25.7 Å². The molecule has 0 atom stereocenters. The first-order valence-corrected chi connectivity index (χ1v) is 4.91. The normalized spacial score (nSPS) is 9.94. The van der Waals surface area contributed by atoms with Gasteiger partial charge in [-0.1, -0.05) is 0 Å². The van der Waals surface area contributed by atoms with Gasteiger partial charge in [-0.15, -0.1) is 0 Å². The molecule has 0 saturated carbocycles. The maximum atomic E-state index is 11.2. The van der Waals surface area contributed by atoms with Crippen molar-refractivity contribution >= 4 is 11.8 Å². The standard InChI is InChI=1S/C10H11N5O2/c1-17-10(16)8-5-11-6-9(15-8)12-2-7-3-13-14-4-7/h3-6H,2H2,1H3,(H,12,15)(H,13,14). The smallest absolute Gasteiger partial charge is 0.358 e. The largest absolute Gasteiger partial charge is 0.464 e. The predicted molar refractivity (Wildman–Crippen MR) is 59.3 cm³/mol. The molecule has 0 amide bonds. The van der Waals surface area contributed by atoms with E-state index in [9.17, 15) is 4.79 Å². The topological polar surface area (TPSA) is 92.8 Å². The fourth-order valence-electron chi connectivity index (χ4n) is 1.22. The number of carbonyl (C=O) groups is 1. The quantitative estimate of drug-likeness (QED) is 0.751. The molecule has 2 N–H and O–H groups in total. The van der Waals surface area contributed by atoms with E-state index in [1.807, 2.05) is 0 Å². The van der Waals surface area contributed by atoms with Crippen LogP contribution in [0.5, 0.6) is 0 Å². The Morgan fingerprint density at radius 1 is 1.47 bits per heavy atom. The fraction of sp³-hybridized carbons (Fsp3) is 0.200. The molecular formula is C10H11N5O2. The van der Waals surface area contributed by atoms with Gasteiger partial charge in [0.25, 0.3) is 0 Å². The lowest BCUT2D eigenvalue weighted by molar-refractivity contribution is 0.0593. The third-order valence-electron chi connectivity index (χ3n) is 2.06. The highest BCUT2D eigenvalue weighted by atomic mass is 16.5. The summed E-state index contributed by atoms with van der Waals surface area (Å²) in [6, 6.07) is 0. The van der Waals surface area contributed by atoms with Crippen LogP contribution in [-0.4, -0.2) is 33.2 Å². The van der Waals surface area contributed by atoms with Crippen LogP contribution in [0.2, 0.25) is 0 Å². The summed E-state index contributed by atoms with van der Waals surface area (Å²) in [7, 11) is 1.30. The Balaban J connectivity index is 2.03. The van der Waals surface area contributed by atoms with E-state index in [-0.39, 0.29) is 5.69 Å². The average molecular weight is 233 g/mol. The van der Waals surface area contributed by atoms with Gasteiger partial charge in [0.2, 0.25) is 0 Å². The number of H-pyrrole nitrogens is 1. The molecule has 88 valence electrons. The summed E-state index contributed by atoms with van der Waals surface area (Å²) in [6.07, 6.45) is 6.36. The van der Waals surface area contributed by atoms with E-state index < -0.39 is 5.97 Å². The number of nitrogens with zero attached hydrogens (tertiary/aromatic N) is 3. The summed E-state index contributed by atoms with van der Waals surface area (Å²) >= 11 is 0. The Labute approximate surface area is 97.2 Å². The highest BCUT2D eigenvalue weighted by Crippen LogP contribution is 2.05. The molecular weight excluding hydrogens is 222 g/mol. The van der Waals surface area contributed by atoms with Gasteiger partial charge in [-0.25, -0.2) is 9.78 Å². The van der Waals surface area contributed by atoms with Crippen molar-refractivity contribution in [2.45, 2.75) is 6.54 Å². The van der Waals surface area contributed by atoms with Crippen LogP contribution in [0, 0.1) is 0 Å². The second-order valence-electron chi connectivity index (χ2n) is 3.24. The van der Waals surface area contributed by atoms with Gasteiger partial charge in [0.1, 0.15) is 5.82 Å². The third-order valence-corrected chi connectivity index (χ3v) is 2.06. The molecule has 0 saturated heterocycles. The number of carbonyl (C=O) groups excluding carboxylic acids is 1. The number of aromatic nitrogens is 4. The van der Waals surface area contributed by atoms with Gasteiger partial charge in [0, 0.05) is 18.3 Å². The van der Waals surface area contributed by atoms with Crippen LogP contribution in [0.3, 0.4) is 0 Å². The Bertz CT molecular complexity index is 497. The molecule has 0 fully saturated rings. The van der Waals surface area contributed by atoms with Gasteiger partial charge in [-0.2, -0.15) is 5.10 Å². The number of nitrogens with one attached hydrogen (secondary N) is 2. The first kappa shape index (κ1) is 11.1. The summed E-state index contributed by atoms with van der Waals surface area (Å²) in [4.78, 5) is 19.2. The van der Waals surface area contributed by atoms with E-state index >= 15 is 0 Å². The first-order valence-electron chi connectivity index (χ1n) is 4.91. The van der Waals surface area contributed by atoms with Crippen molar-refractivity contribution in [3.63, 3.8) is 0 Å². The molecule has 7 heteroatoms. The maximum Gasteiger partial charge on any atom is 0.358 e. The van der Waals surface area contributed by atoms with Crippen LogP contribution in [-0.2, 0) is 11.3 Å². The Morgan fingerprint density at radius 2 is 2.35 bits per heavy atom. The molecule has 0 unspecified atom stereocenters. The summed E-state index contributed by atoms with van der Waals surface area (Å²) in [6.45, 7) is 0.551. The number of anilines is 1. The van der Waals surface area contributed by atoms with Gasteiger partial charge in [-0.3, -0.25) is 10.1 Å². The number of methoxy groups -OCH3 is 1. The molecule has 0 aliphatic carbocycles. The van der Waals surface area contributed by atoms with Gasteiger partial charge >= 0.3 is 5.97 Å². The molecule has 0 spiro atoms. The van der Waals surface area contributed by atoms with Crippen LogP contribution >= 0.6 is 0 Å². The second-order valence-corrected chi connectivity index (χ2v) is 3.24. The Morgan fingerprint density at radius 3 is 3.06 bits per heavy atom. The number of rotatable bonds is 4. The molecule has 2 aromatic rings. The van der Waals surface area contributed by atoms with Crippen molar-refractivity contribution in [2.24, 2.45) is 0 Å². The minimum atomic E-state index is -0.510. The van der Waals surface area contributed by atoms with Gasteiger partial charge in [-0.05, 0) is 0 Å². The first-order chi connectivity index (χ1) is 8.29. The Hall–Kier alpha value is -2.44. The fourth-order valence-corrected chi connectivity index (χ4v) is 1.22. The van der Waals surface area contributed by atoms with Crippen molar-refractivity contribution < 1.29 is 9.53 Å². The van der Waals surface area contributed by atoms with Crippen molar-refractivity contribution in [2.75, 3.05) is 12.4 Å². The summed E-state index contributed by atoms with van der Waals surface area (Å²) < 4.78 is 4.56. The van der Waals surface area contributed by atoms with Gasteiger partial charge < -0.3 is 10.1 Å². The van der Waals surface area contributed by atoms with Gasteiger partial charge in [0.15, 0.2) is 5.69 Å². The van der Waals surface area contributed by atoms with E-state index in [2.05, 4.69) is 30.2 Å². The average Bonchev–Trinajstić information content (AvgIpc) is 2.89. The van der Waals surface area contributed by atoms with Crippen LogP contribution in [0.15, 0.2) is 24.8 Å². The number of aromatic amines is 1. The molecule has 0 bridgehead atoms. The van der Waals surface area contributed by atoms with E-state index in [1.54, 1.807) is 12.4 Å². The minimum Gasteiger partial charge on any atom is -0.464 e. The molecule has 0 radical (unpaired) electrons. The van der Waals surface area contributed by atoms with Crippen molar-refractivity contribution in [3.8, 4) is 0 Å². The van der Waals surface area contributed by atoms with Crippen molar-refractivity contribution in [3.05, 3.63) is 36.0 Å². The number of esters is 1. The van der Waals surface area contributed by atoms with Crippen molar-refractivity contribution in [1.82, 2.24) is 20.2 Å². The second kappa shape index (κ2) is 5.06. The zero-order valence-electron chi connectivity index (χ0n) is 9.17. The number of ether oxygens (including phenoxy) is 1. The highest BCUT2D eigenvalue weighted by molar-refractivity contribution is 5.87. The van der Waals surface area contributed by atoms with E-state index in [1.165, 1.54) is 19.5 Å². The molecule has 0 aliphatic heterocycles. The van der Waals surface area contributed by atoms with E-state index in [0.29, 0.717) is 12.4 Å². The third kappa shape index (κ3) is 2.77. The monoisotopic (exact) mass is 233 g/mol. The lowest BCUT2D eigenvalue weighted by Gasteiger charge is -2.04. The number of hydrogen-bond acceptors (Lipinski definition) is 6. The molecule has 2 aromatic heterocycles. The maximum absolute atomic E-state index is 11.2. The molecule has 2 rings (SSSR count).